The van der Waals surface area contributed by atoms with Gasteiger partial charge in [0.05, 0.1) is 6.20 Å². The van der Waals surface area contributed by atoms with Crippen LogP contribution in [-0.4, -0.2) is 31.8 Å². The molecule has 7 nitrogen and oxygen atoms in total. The molecule has 1 aliphatic carbocycles. The van der Waals surface area contributed by atoms with E-state index in [-0.39, 0.29) is 23.4 Å². The van der Waals surface area contributed by atoms with Crippen LogP contribution in [0.5, 0.6) is 0 Å². The molecular weight excluding hydrogens is 398 g/mol. The maximum atomic E-state index is 12.4. The number of carbonyl (C=O) groups is 1. The van der Waals surface area contributed by atoms with Gasteiger partial charge in [0.1, 0.15) is 18.3 Å². The van der Waals surface area contributed by atoms with Crippen molar-refractivity contribution in [2.75, 3.05) is 6.54 Å². The first-order chi connectivity index (χ1) is 12.5. The van der Waals surface area contributed by atoms with E-state index in [1.807, 2.05) is 12.1 Å². The Morgan fingerprint density at radius 1 is 1.38 bits per heavy atom. The van der Waals surface area contributed by atoms with Crippen molar-refractivity contribution >= 4 is 32.9 Å². The number of hydrogen-bond donors (Lipinski definition) is 1. The predicted molar refractivity (Wildman–Crippen MR) is 101 cm³/mol. The molecule has 4 rings (SSSR count). The number of nitrogens with one attached hydrogen (secondary N) is 1. The zero-order valence-electron chi connectivity index (χ0n) is 14.3. The molecule has 0 aliphatic heterocycles. The molecular formula is C18H18BrN5O2. The summed E-state index contributed by atoms with van der Waals surface area (Å²) in [5.41, 5.74) is 1.49. The lowest BCUT2D eigenvalue weighted by molar-refractivity contribution is -0.121. The van der Waals surface area contributed by atoms with Gasteiger partial charge in [0.2, 0.25) is 5.91 Å². The van der Waals surface area contributed by atoms with Crippen LogP contribution in [0.2, 0.25) is 0 Å². The van der Waals surface area contributed by atoms with Crippen molar-refractivity contribution in [3.63, 3.8) is 0 Å². The Hall–Kier alpha value is -2.48. The molecule has 26 heavy (non-hydrogen) atoms. The van der Waals surface area contributed by atoms with Gasteiger partial charge in [-0.25, -0.2) is 4.98 Å². The number of benzene rings is 1. The normalized spacial score (nSPS) is 15.2. The molecule has 8 heteroatoms. The zero-order chi connectivity index (χ0) is 18.3. The minimum absolute atomic E-state index is 0.00988. The first-order valence-corrected chi connectivity index (χ1v) is 9.18. The Morgan fingerprint density at radius 3 is 2.92 bits per heavy atom. The Balaban J connectivity index is 1.45. The molecule has 0 bridgehead atoms. The van der Waals surface area contributed by atoms with E-state index in [0.717, 1.165) is 17.3 Å². The fraction of sp³-hybridized carbons (Fsp3) is 0.333. The maximum Gasteiger partial charge on any atom is 0.264 e. The van der Waals surface area contributed by atoms with Gasteiger partial charge in [-0.05, 0) is 30.5 Å². The molecule has 1 aliphatic rings. The van der Waals surface area contributed by atoms with Crippen LogP contribution in [-0.2, 0) is 23.8 Å². The summed E-state index contributed by atoms with van der Waals surface area (Å²) >= 11 is 3.50. The van der Waals surface area contributed by atoms with Crippen LogP contribution in [0.3, 0.4) is 0 Å². The van der Waals surface area contributed by atoms with Crippen molar-refractivity contribution < 1.29 is 4.79 Å². The highest BCUT2D eigenvalue weighted by molar-refractivity contribution is 9.10. The molecule has 0 atom stereocenters. The lowest BCUT2D eigenvalue weighted by atomic mass is 9.96. The quantitative estimate of drug-likeness (QED) is 0.687. The first kappa shape index (κ1) is 17.0. The number of aryl methyl sites for hydroxylation is 1. The monoisotopic (exact) mass is 415 g/mol. The second-order valence-corrected chi connectivity index (χ2v) is 7.67. The van der Waals surface area contributed by atoms with Gasteiger partial charge < -0.3 is 5.32 Å². The topological polar surface area (TPSA) is 81.8 Å². The Morgan fingerprint density at radius 2 is 2.19 bits per heavy atom. The van der Waals surface area contributed by atoms with E-state index in [4.69, 9.17) is 0 Å². The van der Waals surface area contributed by atoms with Crippen LogP contribution in [0, 0.1) is 0 Å². The molecule has 0 saturated heterocycles. The lowest BCUT2D eigenvalue weighted by Crippen LogP contribution is -2.36. The molecule has 1 N–H and O–H groups in total. The zero-order valence-corrected chi connectivity index (χ0v) is 15.9. The number of amides is 1. The molecule has 1 amide bonds. The fourth-order valence-corrected chi connectivity index (χ4v) is 3.59. The summed E-state index contributed by atoms with van der Waals surface area (Å²) in [7, 11) is 1.73. The van der Waals surface area contributed by atoms with E-state index in [1.165, 1.54) is 27.3 Å². The molecule has 2 aromatic heterocycles. The number of halogens is 1. The number of carbonyl (C=O) groups excluding carboxylic acids is 1. The lowest BCUT2D eigenvalue weighted by Gasteiger charge is -2.17. The molecule has 0 radical (unpaired) electrons. The minimum Gasteiger partial charge on any atom is -0.354 e. The van der Waals surface area contributed by atoms with Gasteiger partial charge in [0.15, 0.2) is 5.65 Å². The second kappa shape index (κ2) is 6.35. The molecule has 134 valence electrons. The summed E-state index contributed by atoms with van der Waals surface area (Å²) in [6.07, 6.45) is 4.97. The summed E-state index contributed by atoms with van der Waals surface area (Å²) in [5.74, 6) is -0.196. The highest BCUT2D eigenvalue weighted by Gasteiger charge is 2.44. The molecule has 2 heterocycles. The van der Waals surface area contributed by atoms with E-state index in [2.05, 4.69) is 43.5 Å². The summed E-state index contributed by atoms with van der Waals surface area (Å²) in [5, 5.41) is 7.41. The molecule has 1 saturated carbocycles. The molecule has 0 spiro atoms. The van der Waals surface area contributed by atoms with Gasteiger partial charge in [-0.1, -0.05) is 28.1 Å². The molecule has 0 unspecified atom stereocenters. The van der Waals surface area contributed by atoms with Crippen molar-refractivity contribution in [3.8, 4) is 0 Å². The number of fused-ring (bicyclic) bond motifs is 1. The number of aromatic nitrogens is 4. The van der Waals surface area contributed by atoms with Crippen molar-refractivity contribution in [2.24, 2.45) is 7.05 Å². The average Bonchev–Trinajstić information content (AvgIpc) is 3.33. The van der Waals surface area contributed by atoms with Crippen LogP contribution in [0.15, 0.2) is 46.1 Å². The van der Waals surface area contributed by atoms with E-state index in [0.29, 0.717) is 17.6 Å². The van der Waals surface area contributed by atoms with E-state index < -0.39 is 0 Å². The van der Waals surface area contributed by atoms with Crippen LogP contribution in [0.25, 0.3) is 11.0 Å². The van der Waals surface area contributed by atoms with Gasteiger partial charge >= 0.3 is 0 Å². The van der Waals surface area contributed by atoms with Gasteiger partial charge in [-0.15, -0.1) is 0 Å². The standard InChI is InChI=1S/C18H18BrN5O2/c1-23-16-14(8-22-23)17(26)24(11-21-16)9-15(25)20-10-18(5-6-18)12-3-2-4-13(19)7-12/h2-4,7-8,11H,5-6,9-10H2,1H3,(H,20,25). The SMILES string of the molecule is Cn1ncc2c(=O)n(CC(=O)NCC3(c4cccc(Br)c4)CC3)cnc21. The average molecular weight is 416 g/mol. The van der Waals surface area contributed by atoms with Crippen molar-refractivity contribution in [3.05, 3.63) is 57.2 Å². The highest BCUT2D eigenvalue weighted by Crippen LogP contribution is 2.48. The van der Waals surface area contributed by atoms with E-state index in [9.17, 15) is 9.59 Å². The van der Waals surface area contributed by atoms with Gasteiger partial charge in [-0.2, -0.15) is 5.10 Å². The van der Waals surface area contributed by atoms with Crippen molar-refractivity contribution in [2.45, 2.75) is 24.8 Å². The third-order valence-electron chi connectivity index (χ3n) is 4.95. The molecule has 1 fully saturated rings. The third-order valence-corrected chi connectivity index (χ3v) is 5.44. The first-order valence-electron chi connectivity index (χ1n) is 8.38. The molecule has 1 aromatic carbocycles. The summed E-state index contributed by atoms with van der Waals surface area (Å²) in [6.45, 7) is 0.519. The highest BCUT2D eigenvalue weighted by atomic mass is 79.9. The number of hydrogen-bond acceptors (Lipinski definition) is 4. The summed E-state index contributed by atoms with van der Waals surface area (Å²) in [4.78, 5) is 29.0. The minimum atomic E-state index is -0.258. The van der Waals surface area contributed by atoms with Crippen LogP contribution in [0.4, 0.5) is 0 Å². The smallest absolute Gasteiger partial charge is 0.264 e. The summed E-state index contributed by atoms with van der Waals surface area (Å²) < 4.78 is 3.89. The van der Waals surface area contributed by atoms with Gasteiger partial charge in [0, 0.05) is 23.5 Å². The Bertz CT molecular complexity index is 1050. The predicted octanol–water partition coefficient (Wildman–Crippen LogP) is 1.74. The van der Waals surface area contributed by atoms with Gasteiger partial charge in [-0.3, -0.25) is 18.8 Å². The van der Waals surface area contributed by atoms with Crippen molar-refractivity contribution in [1.82, 2.24) is 24.6 Å². The largest absolute Gasteiger partial charge is 0.354 e. The summed E-state index contributed by atoms with van der Waals surface area (Å²) in [6, 6.07) is 8.19. The van der Waals surface area contributed by atoms with Crippen LogP contribution >= 0.6 is 15.9 Å². The Kier molecular flexibility index (Phi) is 4.14. The van der Waals surface area contributed by atoms with Crippen LogP contribution < -0.4 is 10.9 Å². The maximum absolute atomic E-state index is 12.4. The van der Waals surface area contributed by atoms with Crippen LogP contribution in [0.1, 0.15) is 18.4 Å². The Labute approximate surface area is 158 Å². The van der Waals surface area contributed by atoms with Crippen molar-refractivity contribution in [1.29, 1.82) is 0 Å². The second-order valence-electron chi connectivity index (χ2n) is 6.75. The number of nitrogens with zero attached hydrogens (tertiary/aromatic N) is 4. The number of rotatable bonds is 5. The van der Waals surface area contributed by atoms with E-state index >= 15 is 0 Å². The molecule has 3 aromatic rings. The van der Waals surface area contributed by atoms with E-state index in [1.54, 1.807) is 7.05 Å². The third kappa shape index (κ3) is 3.05. The van der Waals surface area contributed by atoms with Gasteiger partial charge in [0.25, 0.3) is 5.56 Å². The fourth-order valence-electron chi connectivity index (χ4n) is 3.19.